The second kappa shape index (κ2) is 16.3. The van der Waals surface area contributed by atoms with Gasteiger partial charge in [-0.15, -0.1) is 0 Å². The van der Waals surface area contributed by atoms with Crippen molar-refractivity contribution in [3.05, 3.63) is 53.6 Å². The molecule has 1 aliphatic heterocycles. The summed E-state index contributed by atoms with van der Waals surface area (Å²) in [6.07, 6.45) is 13.5. The third-order valence-electron chi connectivity index (χ3n) is 7.84. The van der Waals surface area contributed by atoms with E-state index < -0.39 is 0 Å². The maximum atomic E-state index is 13.0. The van der Waals surface area contributed by atoms with Crippen LogP contribution in [0.1, 0.15) is 90.2 Å². The molecule has 0 atom stereocenters. The van der Waals surface area contributed by atoms with Crippen molar-refractivity contribution >= 4 is 17.7 Å². The molecular weight excluding hydrogens is 512 g/mol. The van der Waals surface area contributed by atoms with Gasteiger partial charge >= 0.3 is 0 Å². The van der Waals surface area contributed by atoms with E-state index in [-0.39, 0.29) is 11.3 Å². The number of carbonyl (C=O) groups excluding carboxylic acids is 1. The quantitative estimate of drug-likeness (QED) is 0.163. The normalized spacial score (nSPS) is 14.0. The average Bonchev–Trinajstić information content (AvgIpc) is 2.98. The van der Waals surface area contributed by atoms with Gasteiger partial charge in [-0.3, -0.25) is 4.79 Å². The predicted molar refractivity (Wildman–Crippen MR) is 171 cm³/mol. The first-order valence-electron chi connectivity index (χ1n) is 15.5. The van der Waals surface area contributed by atoms with E-state index in [2.05, 4.69) is 56.9 Å². The van der Waals surface area contributed by atoms with Gasteiger partial charge in [0.15, 0.2) is 11.5 Å². The van der Waals surface area contributed by atoms with E-state index in [1.165, 1.54) is 49.8 Å². The number of piperazine rings is 1. The Bertz CT molecular complexity index is 1070. The van der Waals surface area contributed by atoms with Crippen molar-refractivity contribution in [3.63, 3.8) is 0 Å². The fourth-order valence-electron chi connectivity index (χ4n) is 5.18. The lowest BCUT2D eigenvalue weighted by molar-refractivity contribution is -0.126. The Morgan fingerprint density at radius 3 is 1.93 bits per heavy atom. The Balaban J connectivity index is 1.50. The molecule has 1 fully saturated rings. The third kappa shape index (κ3) is 10.0. The lowest BCUT2D eigenvalue weighted by atomic mass is 9.87. The molecule has 2 aromatic rings. The monoisotopic (exact) mass is 564 g/mol. The van der Waals surface area contributed by atoms with Gasteiger partial charge in [-0.1, -0.05) is 84.8 Å². The van der Waals surface area contributed by atoms with Gasteiger partial charge in [-0.2, -0.15) is 0 Å². The summed E-state index contributed by atoms with van der Waals surface area (Å²) in [5, 5.41) is 0. The summed E-state index contributed by atoms with van der Waals surface area (Å²) in [7, 11) is 3.26. The van der Waals surface area contributed by atoms with Crippen molar-refractivity contribution in [2.45, 2.75) is 84.5 Å². The molecular formula is C35H52N2O4. The highest BCUT2D eigenvalue weighted by molar-refractivity contribution is 5.92. The molecule has 0 aromatic heterocycles. The summed E-state index contributed by atoms with van der Waals surface area (Å²) < 4.78 is 17.3. The first kappa shape index (κ1) is 32.4. The summed E-state index contributed by atoms with van der Waals surface area (Å²) in [6, 6.07) is 12.6. The van der Waals surface area contributed by atoms with Crippen LogP contribution in [0.15, 0.2) is 42.5 Å². The van der Waals surface area contributed by atoms with Crippen LogP contribution in [0.4, 0.5) is 5.69 Å². The van der Waals surface area contributed by atoms with Crippen LogP contribution < -0.4 is 19.1 Å². The Kier molecular flexibility index (Phi) is 12.9. The summed E-state index contributed by atoms with van der Waals surface area (Å²) >= 11 is 0. The molecule has 3 rings (SSSR count). The smallest absolute Gasteiger partial charge is 0.246 e. The molecule has 1 amide bonds. The van der Waals surface area contributed by atoms with Crippen LogP contribution in [0.25, 0.3) is 6.08 Å². The number of unbranched alkanes of at least 4 members (excludes halogenated alkanes) is 7. The second-order valence-electron chi connectivity index (χ2n) is 12.0. The van der Waals surface area contributed by atoms with Gasteiger partial charge in [0.1, 0.15) is 0 Å². The number of benzene rings is 2. The zero-order chi connectivity index (χ0) is 29.7. The molecule has 1 heterocycles. The Hall–Kier alpha value is -3.15. The van der Waals surface area contributed by atoms with Crippen molar-refractivity contribution in [2.75, 3.05) is 51.9 Å². The number of amides is 1. The standard InChI is InChI=1S/C35H52N2O4/c1-7-8-9-10-11-12-13-14-25-41-34-31(39-5)26-28(27-32(34)40-6)15-20-33(38)37-23-21-36(22-24-37)30-18-16-29(17-19-30)35(2,3)4/h15-20,26-27H,7-14,21-25H2,1-6H3/b20-15+. The number of nitrogens with zero attached hydrogens (tertiary/aromatic N) is 2. The van der Waals surface area contributed by atoms with Crippen LogP contribution >= 0.6 is 0 Å². The van der Waals surface area contributed by atoms with E-state index in [0.717, 1.165) is 31.5 Å². The maximum absolute atomic E-state index is 13.0. The highest BCUT2D eigenvalue weighted by Crippen LogP contribution is 2.39. The van der Waals surface area contributed by atoms with Gasteiger partial charge in [0.05, 0.1) is 20.8 Å². The van der Waals surface area contributed by atoms with Gasteiger partial charge < -0.3 is 24.0 Å². The molecule has 0 bridgehead atoms. The first-order chi connectivity index (χ1) is 19.8. The molecule has 0 aliphatic carbocycles. The second-order valence-corrected chi connectivity index (χ2v) is 12.0. The van der Waals surface area contributed by atoms with E-state index >= 15 is 0 Å². The molecule has 2 aromatic carbocycles. The van der Waals surface area contributed by atoms with E-state index in [9.17, 15) is 4.79 Å². The van der Waals surface area contributed by atoms with Crippen LogP contribution in [-0.4, -0.2) is 57.8 Å². The SMILES string of the molecule is CCCCCCCCCCOc1c(OC)cc(/C=C/C(=O)N2CCN(c3ccc(C(C)(C)C)cc3)CC2)cc1OC. The van der Waals surface area contributed by atoms with Crippen molar-refractivity contribution in [1.29, 1.82) is 0 Å². The van der Waals surface area contributed by atoms with Crippen LogP contribution in [0.3, 0.4) is 0 Å². The zero-order valence-corrected chi connectivity index (χ0v) is 26.3. The minimum Gasteiger partial charge on any atom is -0.493 e. The molecule has 41 heavy (non-hydrogen) atoms. The molecule has 1 aliphatic rings. The predicted octanol–water partition coefficient (Wildman–Crippen LogP) is 7.88. The number of rotatable bonds is 15. The Morgan fingerprint density at radius 1 is 0.829 bits per heavy atom. The fraction of sp³-hybridized carbons (Fsp3) is 0.571. The van der Waals surface area contributed by atoms with E-state index in [1.54, 1.807) is 20.3 Å². The van der Waals surface area contributed by atoms with Gasteiger partial charge in [-0.25, -0.2) is 0 Å². The molecule has 6 heteroatoms. The van der Waals surface area contributed by atoms with Crippen molar-refractivity contribution in [1.82, 2.24) is 4.90 Å². The number of hydrogen-bond acceptors (Lipinski definition) is 5. The fourth-order valence-corrected chi connectivity index (χ4v) is 5.18. The third-order valence-corrected chi connectivity index (χ3v) is 7.84. The zero-order valence-electron chi connectivity index (χ0n) is 26.3. The number of carbonyl (C=O) groups is 1. The Morgan fingerprint density at radius 2 is 1.39 bits per heavy atom. The highest BCUT2D eigenvalue weighted by atomic mass is 16.5. The number of hydrogen-bond donors (Lipinski definition) is 0. The molecule has 0 saturated carbocycles. The Labute approximate surface area is 248 Å². The van der Waals surface area contributed by atoms with Crippen molar-refractivity contribution in [3.8, 4) is 17.2 Å². The van der Waals surface area contributed by atoms with Crippen molar-refractivity contribution < 1.29 is 19.0 Å². The minimum atomic E-state index is 0.0145. The van der Waals surface area contributed by atoms with Gasteiger partial charge in [0, 0.05) is 37.9 Å². The molecule has 226 valence electrons. The van der Waals surface area contributed by atoms with E-state index in [4.69, 9.17) is 14.2 Å². The molecule has 0 spiro atoms. The molecule has 0 unspecified atom stereocenters. The van der Waals surface area contributed by atoms with E-state index in [0.29, 0.717) is 36.9 Å². The molecule has 0 radical (unpaired) electrons. The molecule has 1 saturated heterocycles. The topological polar surface area (TPSA) is 51.2 Å². The van der Waals surface area contributed by atoms with Gasteiger partial charge in [0.2, 0.25) is 11.7 Å². The largest absolute Gasteiger partial charge is 0.493 e. The van der Waals surface area contributed by atoms with Crippen LogP contribution in [-0.2, 0) is 10.2 Å². The van der Waals surface area contributed by atoms with Crippen LogP contribution in [0.5, 0.6) is 17.2 Å². The van der Waals surface area contributed by atoms with Crippen LogP contribution in [0, 0.1) is 0 Å². The van der Waals surface area contributed by atoms with Gasteiger partial charge in [0.25, 0.3) is 0 Å². The summed E-state index contributed by atoms with van der Waals surface area (Å²) in [4.78, 5) is 17.2. The first-order valence-corrected chi connectivity index (χ1v) is 15.5. The van der Waals surface area contributed by atoms with Gasteiger partial charge in [-0.05, 0) is 53.3 Å². The average molecular weight is 565 g/mol. The molecule has 6 nitrogen and oxygen atoms in total. The van der Waals surface area contributed by atoms with Crippen LogP contribution in [0.2, 0.25) is 0 Å². The number of anilines is 1. The number of ether oxygens (including phenoxy) is 3. The lowest BCUT2D eigenvalue weighted by Gasteiger charge is -2.36. The maximum Gasteiger partial charge on any atom is 0.246 e. The van der Waals surface area contributed by atoms with Crippen molar-refractivity contribution in [2.24, 2.45) is 0 Å². The highest BCUT2D eigenvalue weighted by Gasteiger charge is 2.21. The minimum absolute atomic E-state index is 0.0145. The lowest BCUT2D eigenvalue weighted by Crippen LogP contribution is -2.48. The summed E-state index contributed by atoms with van der Waals surface area (Å²) in [5.74, 6) is 1.86. The number of methoxy groups -OCH3 is 2. The summed E-state index contributed by atoms with van der Waals surface area (Å²) in [5.41, 5.74) is 3.52. The van der Waals surface area contributed by atoms with E-state index in [1.807, 2.05) is 23.1 Å². The molecule has 0 N–H and O–H groups in total. The summed E-state index contributed by atoms with van der Waals surface area (Å²) in [6.45, 7) is 12.6.